The summed E-state index contributed by atoms with van der Waals surface area (Å²) in [6.45, 7) is 0. The normalized spacial score (nSPS) is 12.5. The van der Waals surface area contributed by atoms with Crippen molar-refractivity contribution in [3.05, 3.63) is 36.8 Å². The topological polar surface area (TPSA) is 109 Å². The quantitative estimate of drug-likeness (QED) is 0.499. The summed E-state index contributed by atoms with van der Waals surface area (Å²) < 4.78 is 65.7. The molecular formula is C13H10F3N5O3S. The van der Waals surface area contributed by atoms with Gasteiger partial charge in [-0.05, 0) is 24.3 Å². The lowest BCUT2D eigenvalue weighted by atomic mass is 10.3. The minimum atomic E-state index is -4.82. The lowest BCUT2D eigenvalue weighted by molar-refractivity contribution is -0.274. The Morgan fingerprint density at radius 2 is 2.00 bits per heavy atom. The molecule has 0 unspecified atom stereocenters. The van der Waals surface area contributed by atoms with Gasteiger partial charge in [-0.25, -0.2) is 13.4 Å². The summed E-state index contributed by atoms with van der Waals surface area (Å²) in [6, 6.07) is 5.82. The second-order valence-electron chi connectivity index (χ2n) is 4.56. The van der Waals surface area contributed by atoms with Crippen molar-refractivity contribution in [2.24, 2.45) is 12.1 Å². The minimum Gasteiger partial charge on any atom is -0.406 e. The van der Waals surface area contributed by atoms with Crippen molar-refractivity contribution in [2.75, 3.05) is 5.43 Å². The molecule has 8 nitrogen and oxygen atoms in total. The van der Waals surface area contributed by atoms with Crippen molar-refractivity contribution in [1.82, 2.24) is 9.55 Å². The Morgan fingerprint density at radius 1 is 1.36 bits per heavy atom. The number of ether oxygens (including phenoxy) is 1. The molecule has 1 aromatic heterocycles. The Hall–Kier alpha value is -3.07. The molecule has 0 aliphatic rings. The Morgan fingerprint density at radius 3 is 2.48 bits per heavy atom. The molecule has 1 aromatic carbocycles. The van der Waals surface area contributed by atoms with E-state index in [-0.39, 0.29) is 10.7 Å². The smallest absolute Gasteiger partial charge is 0.406 e. The first-order chi connectivity index (χ1) is 11.6. The van der Waals surface area contributed by atoms with Gasteiger partial charge in [0.15, 0.2) is 5.03 Å². The van der Waals surface area contributed by atoms with Gasteiger partial charge < -0.3 is 9.30 Å². The summed E-state index contributed by atoms with van der Waals surface area (Å²) in [5.41, 5.74) is 2.45. The second-order valence-corrected chi connectivity index (χ2v) is 6.37. The number of imidazole rings is 1. The number of nitrogens with one attached hydrogen (secondary N) is 1. The molecule has 0 spiro atoms. The van der Waals surface area contributed by atoms with Crippen molar-refractivity contribution < 1.29 is 26.3 Å². The number of hydrogen-bond acceptors (Lipinski definition) is 7. The first kappa shape index (κ1) is 18.3. The number of halogens is 3. The number of rotatable bonds is 4. The van der Waals surface area contributed by atoms with Crippen LogP contribution < -0.4 is 10.2 Å². The zero-order valence-corrected chi connectivity index (χ0v) is 13.3. The van der Waals surface area contributed by atoms with Gasteiger partial charge in [-0.2, -0.15) is 10.4 Å². The van der Waals surface area contributed by atoms with Crippen molar-refractivity contribution >= 4 is 20.6 Å². The van der Waals surface area contributed by atoms with E-state index in [1.54, 1.807) is 0 Å². The fourth-order valence-electron chi connectivity index (χ4n) is 1.69. The maximum Gasteiger partial charge on any atom is 0.573 e. The van der Waals surface area contributed by atoms with Crippen molar-refractivity contribution in [3.63, 3.8) is 0 Å². The number of nitrogens with zero attached hydrogens (tertiary/aromatic N) is 4. The number of hydrazone groups is 1. The summed E-state index contributed by atoms with van der Waals surface area (Å²) in [7, 11) is -2.76. The van der Waals surface area contributed by atoms with Crippen molar-refractivity contribution in [2.45, 2.75) is 11.4 Å². The Kier molecular flexibility index (Phi) is 4.98. The highest BCUT2D eigenvalue weighted by molar-refractivity contribution is 8.07. The maximum absolute atomic E-state index is 12.3. The van der Waals surface area contributed by atoms with E-state index in [1.165, 1.54) is 36.1 Å². The average Bonchev–Trinajstić information content (AvgIpc) is 2.95. The van der Waals surface area contributed by atoms with Gasteiger partial charge in [-0.1, -0.05) is 0 Å². The third-order valence-electron chi connectivity index (χ3n) is 2.77. The fraction of sp³-hybridized carbons (Fsp3) is 0.154. The summed E-state index contributed by atoms with van der Waals surface area (Å²) in [4.78, 5) is 3.66. The summed E-state index contributed by atoms with van der Waals surface area (Å²) in [5.74, 6) is -0.454. The standard InChI is InChI=1S/C13H10F3N5O3S/c1-21-8-18-7-12(21)25(22,23)11(6-17)20-19-9-2-4-10(5-3-9)24-13(14,15)16/h2-5,7-8,19H,1H3/b20-11-. The second kappa shape index (κ2) is 6.81. The minimum absolute atomic E-state index is 0.155. The predicted octanol–water partition coefficient (Wildman–Crippen LogP) is 2.04. The van der Waals surface area contributed by atoms with Gasteiger partial charge in [0.05, 0.1) is 18.2 Å². The number of anilines is 1. The molecule has 0 saturated carbocycles. The SMILES string of the molecule is Cn1cncc1S(=O)(=O)/C(C#N)=N\Nc1ccc(OC(F)(F)F)cc1. The van der Waals surface area contributed by atoms with Crippen LogP contribution in [0.4, 0.5) is 18.9 Å². The molecule has 0 radical (unpaired) electrons. The number of aryl methyl sites for hydroxylation is 1. The van der Waals surface area contributed by atoms with E-state index in [9.17, 15) is 21.6 Å². The fourth-order valence-corrected chi connectivity index (χ4v) is 2.80. The van der Waals surface area contributed by atoms with E-state index in [0.717, 1.165) is 18.3 Å². The zero-order valence-electron chi connectivity index (χ0n) is 12.5. The third kappa shape index (κ3) is 4.48. The Balaban J connectivity index is 2.19. The molecule has 0 aliphatic heterocycles. The zero-order chi connectivity index (χ0) is 18.7. The van der Waals surface area contributed by atoms with Crippen LogP contribution in [0.2, 0.25) is 0 Å². The number of nitriles is 1. The summed E-state index contributed by atoms with van der Waals surface area (Å²) in [6.07, 6.45) is -2.52. The van der Waals surface area contributed by atoms with Crippen molar-refractivity contribution in [1.29, 1.82) is 5.26 Å². The van der Waals surface area contributed by atoms with Crippen molar-refractivity contribution in [3.8, 4) is 11.8 Å². The number of hydrogen-bond donors (Lipinski definition) is 1. The van der Waals surface area contributed by atoms with Crippen LogP contribution in [0.15, 0.2) is 46.9 Å². The number of benzene rings is 1. The molecule has 1 N–H and O–H groups in total. The van der Waals surface area contributed by atoms with E-state index in [1.807, 2.05) is 0 Å². The molecule has 1 heterocycles. The van der Waals surface area contributed by atoms with Crippen LogP contribution in [0, 0.1) is 11.3 Å². The van der Waals surface area contributed by atoms with Gasteiger partial charge in [0.2, 0.25) is 0 Å². The molecule has 0 atom stereocenters. The molecule has 2 aromatic rings. The summed E-state index contributed by atoms with van der Waals surface area (Å²) >= 11 is 0. The molecule has 0 bridgehead atoms. The monoisotopic (exact) mass is 373 g/mol. The largest absolute Gasteiger partial charge is 0.573 e. The molecule has 132 valence electrons. The van der Waals surface area contributed by atoms with Gasteiger partial charge >= 0.3 is 6.36 Å². The van der Waals surface area contributed by atoms with Gasteiger partial charge in [-0.15, -0.1) is 13.2 Å². The van der Waals surface area contributed by atoms with Crippen LogP contribution >= 0.6 is 0 Å². The lowest BCUT2D eigenvalue weighted by Crippen LogP contribution is -2.18. The Labute approximate surface area is 140 Å². The van der Waals surface area contributed by atoms with Gasteiger partial charge in [0, 0.05) is 7.05 Å². The van der Waals surface area contributed by atoms with Crippen LogP contribution in [0.5, 0.6) is 5.75 Å². The number of aromatic nitrogens is 2. The third-order valence-corrected chi connectivity index (χ3v) is 4.41. The van der Waals surface area contributed by atoms with Gasteiger partial charge in [0.25, 0.3) is 14.9 Å². The molecular weight excluding hydrogens is 363 g/mol. The molecule has 12 heteroatoms. The van der Waals surface area contributed by atoms with E-state index in [2.05, 4.69) is 20.2 Å². The van der Waals surface area contributed by atoms with Crippen LogP contribution in [-0.4, -0.2) is 29.4 Å². The Bertz CT molecular complexity index is 927. The first-order valence-electron chi connectivity index (χ1n) is 6.44. The van der Waals surface area contributed by atoms with Crippen LogP contribution in [-0.2, 0) is 16.9 Å². The van der Waals surface area contributed by atoms with E-state index in [0.29, 0.717) is 0 Å². The maximum atomic E-state index is 12.3. The number of alkyl halides is 3. The number of sulfone groups is 1. The highest BCUT2D eigenvalue weighted by Crippen LogP contribution is 2.24. The molecule has 0 fully saturated rings. The van der Waals surface area contributed by atoms with Gasteiger partial charge in [-0.3, -0.25) is 5.43 Å². The molecule has 2 rings (SSSR count). The summed E-state index contributed by atoms with van der Waals surface area (Å²) in [5, 5.41) is 11.5. The van der Waals surface area contributed by atoms with E-state index >= 15 is 0 Å². The molecule has 0 aliphatic carbocycles. The molecule has 25 heavy (non-hydrogen) atoms. The van der Waals surface area contributed by atoms with E-state index < -0.39 is 27.0 Å². The highest BCUT2D eigenvalue weighted by atomic mass is 32.2. The predicted molar refractivity (Wildman–Crippen MR) is 80.2 cm³/mol. The van der Waals surface area contributed by atoms with Crippen LogP contribution in [0.1, 0.15) is 0 Å². The van der Waals surface area contributed by atoms with Crippen LogP contribution in [0.3, 0.4) is 0 Å². The molecule has 0 amide bonds. The van der Waals surface area contributed by atoms with Crippen LogP contribution in [0.25, 0.3) is 0 Å². The molecule has 0 saturated heterocycles. The van der Waals surface area contributed by atoms with Gasteiger partial charge in [0.1, 0.15) is 11.8 Å². The average molecular weight is 373 g/mol. The van der Waals surface area contributed by atoms with E-state index in [4.69, 9.17) is 5.26 Å². The lowest BCUT2D eigenvalue weighted by Gasteiger charge is -2.09. The first-order valence-corrected chi connectivity index (χ1v) is 7.93. The highest BCUT2D eigenvalue weighted by Gasteiger charge is 2.31.